The summed E-state index contributed by atoms with van der Waals surface area (Å²) in [7, 11) is 0. The predicted octanol–water partition coefficient (Wildman–Crippen LogP) is 2.43. The summed E-state index contributed by atoms with van der Waals surface area (Å²) < 4.78 is 0. The minimum atomic E-state index is -0.163. The van der Waals surface area contributed by atoms with E-state index in [1.807, 2.05) is 4.90 Å². The van der Waals surface area contributed by atoms with Gasteiger partial charge in [-0.1, -0.05) is 26.7 Å². The summed E-state index contributed by atoms with van der Waals surface area (Å²) >= 11 is 0. The fraction of sp³-hybridized carbons (Fsp3) is 0.933. The summed E-state index contributed by atoms with van der Waals surface area (Å²) in [6.45, 7) is 6.00. The van der Waals surface area contributed by atoms with Gasteiger partial charge in [0.15, 0.2) is 0 Å². The molecule has 3 nitrogen and oxygen atoms in total. The Morgan fingerprint density at radius 3 is 2.44 bits per heavy atom. The molecule has 1 aliphatic heterocycles. The van der Waals surface area contributed by atoms with Gasteiger partial charge in [-0.3, -0.25) is 4.79 Å². The van der Waals surface area contributed by atoms with Gasteiger partial charge < -0.3 is 10.0 Å². The zero-order valence-corrected chi connectivity index (χ0v) is 11.8. The van der Waals surface area contributed by atoms with E-state index in [2.05, 4.69) is 13.8 Å². The van der Waals surface area contributed by atoms with Crippen molar-refractivity contribution in [1.29, 1.82) is 0 Å². The molecule has 0 bridgehead atoms. The highest BCUT2D eigenvalue weighted by atomic mass is 16.3. The van der Waals surface area contributed by atoms with E-state index in [1.165, 1.54) is 0 Å². The monoisotopic (exact) mass is 253 g/mol. The quantitative estimate of drug-likeness (QED) is 0.817. The molecule has 2 fully saturated rings. The standard InChI is InChI=1S/C15H27NO2/c1-3-5-11(6-4-2)15(18)16-9-12-7-8-14(17)13(12)10-16/h11-14,17H,3-10H2,1-2H3. The highest BCUT2D eigenvalue weighted by Gasteiger charge is 2.43. The third kappa shape index (κ3) is 2.71. The van der Waals surface area contributed by atoms with Gasteiger partial charge >= 0.3 is 0 Å². The molecule has 0 spiro atoms. The Labute approximate surface area is 111 Å². The lowest BCUT2D eigenvalue weighted by molar-refractivity contribution is -0.135. The van der Waals surface area contributed by atoms with Crippen LogP contribution < -0.4 is 0 Å². The van der Waals surface area contributed by atoms with Gasteiger partial charge in [0.1, 0.15) is 0 Å². The maximum atomic E-state index is 12.5. The predicted molar refractivity (Wildman–Crippen MR) is 72.1 cm³/mol. The van der Waals surface area contributed by atoms with Crippen LogP contribution in [-0.2, 0) is 4.79 Å². The molecule has 1 aliphatic carbocycles. The van der Waals surface area contributed by atoms with E-state index in [1.54, 1.807) is 0 Å². The molecule has 18 heavy (non-hydrogen) atoms. The molecule has 104 valence electrons. The summed E-state index contributed by atoms with van der Waals surface area (Å²) in [6.07, 6.45) is 6.07. The van der Waals surface area contributed by atoms with Crippen LogP contribution in [0.3, 0.4) is 0 Å². The van der Waals surface area contributed by atoms with Crippen molar-refractivity contribution in [2.75, 3.05) is 13.1 Å². The Bertz CT molecular complexity index is 286. The number of nitrogens with zero attached hydrogens (tertiary/aromatic N) is 1. The summed E-state index contributed by atoms with van der Waals surface area (Å²) in [5.74, 6) is 1.49. The normalized spacial score (nSPS) is 31.1. The minimum absolute atomic E-state index is 0.163. The number of carbonyl (C=O) groups excluding carboxylic acids is 1. The van der Waals surface area contributed by atoms with Crippen molar-refractivity contribution < 1.29 is 9.90 Å². The molecule has 0 radical (unpaired) electrons. The number of hydrogen-bond acceptors (Lipinski definition) is 2. The van der Waals surface area contributed by atoms with Gasteiger partial charge in [0, 0.05) is 24.9 Å². The first-order chi connectivity index (χ1) is 8.67. The molecule has 1 amide bonds. The Kier molecular flexibility index (Phi) is 4.66. The van der Waals surface area contributed by atoms with Crippen LogP contribution in [0.15, 0.2) is 0 Å². The highest BCUT2D eigenvalue weighted by Crippen LogP contribution is 2.38. The third-order valence-electron chi connectivity index (χ3n) is 4.75. The van der Waals surface area contributed by atoms with Crippen LogP contribution in [0.4, 0.5) is 0 Å². The smallest absolute Gasteiger partial charge is 0.225 e. The lowest BCUT2D eigenvalue weighted by Gasteiger charge is -2.24. The lowest BCUT2D eigenvalue weighted by Crippen LogP contribution is -2.36. The van der Waals surface area contributed by atoms with Crippen LogP contribution in [-0.4, -0.2) is 35.1 Å². The number of amides is 1. The summed E-state index contributed by atoms with van der Waals surface area (Å²) in [6, 6.07) is 0. The number of hydrogen-bond donors (Lipinski definition) is 1. The van der Waals surface area contributed by atoms with E-state index >= 15 is 0 Å². The average Bonchev–Trinajstić information content (AvgIpc) is 2.91. The van der Waals surface area contributed by atoms with Gasteiger partial charge in [0.05, 0.1) is 6.10 Å². The summed E-state index contributed by atoms with van der Waals surface area (Å²) in [5.41, 5.74) is 0. The largest absolute Gasteiger partial charge is 0.393 e. The Balaban J connectivity index is 1.93. The van der Waals surface area contributed by atoms with Gasteiger partial charge in [-0.25, -0.2) is 0 Å². The van der Waals surface area contributed by atoms with Crippen molar-refractivity contribution in [3.05, 3.63) is 0 Å². The van der Waals surface area contributed by atoms with Crippen LogP contribution in [0.25, 0.3) is 0 Å². The first-order valence-electron chi connectivity index (χ1n) is 7.64. The van der Waals surface area contributed by atoms with Crippen LogP contribution in [0, 0.1) is 17.8 Å². The molecule has 3 unspecified atom stereocenters. The highest BCUT2D eigenvalue weighted by molar-refractivity contribution is 5.79. The van der Waals surface area contributed by atoms with Gasteiger partial charge in [-0.05, 0) is 31.6 Å². The molecule has 1 N–H and O–H groups in total. The van der Waals surface area contributed by atoms with Gasteiger partial charge in [0.25, 0.3) is 0 Å². The summed E-state index contributed by atoms with van der Waals surface area (Å²) in [5, 5.41) is 9.91. The zero-order chi connectivity index (χ0) is 13.1. The third-order valence-corrected chi connectivity index (χ3v) is 4.75. The first-order valence-corrected chi connectivity index (χ1v) is 7.64. The van der Waals surface area contributed by atoms with E-state index in [-0.39, 0.29) is 12.0 Å². The Hall–Kier alpha value is -0.570. The number of aliphatic hydroxyl groups is 1. The van der Waals surface area contributed by atoms with Crippen LogP contribution in [0.5, 0.6) is 0 Å². The first kappa shape index (κ1) is 13.9. The second-order valence-corrected chi connectivity index (χ2v) is 6.09. The number of likely N-dealkylation sites (tertiary alicyclic amines) is 1. The van der Waals surface area contributed by atoms with Gasteiger partial charge in [-0.2, -0.15) is 0 Å². The summed E-state index contributed by atoms with van der Waals surface area (Å²) in [4.78, 5) is 14.5. The molecular formula is C15H27NO2. The second kappa shape index (κ2) is 6.05. The fourth-order valence-electron chi connectivity index (χ4n) is 3.76. The van der Waals surface area contributed by atoms with Crippen molar-refractivity contribution in [1.82, 2.24) is 4.90 Å². The maximum Gasteiger partial charge on any atom is 0.225 e. The number of aliphatic hydroxyl groups excluding tert-OH is 1. The minimum Gasteiger partial charge on any atom is -0.393 e. The molecule has 1 heterocycles. The zero-order valence-electron chi connectivity index (χ0n) is 11.8. The second-order valence-electron chi connectivity index (χ2n) is 6.09. The Morgan fingerprint density at radius 2 is 1.89 bits per heavy atom. The van der Waals surface area contributed by atoms with E-state index in [0.717, 1.165) is 51.6 Å². The van der Waals surface area contributed by atoms with Crippen molar-refractivity contribution in [3.63, 3.8) is 0 Å². The van der Waals surface area contributed by atoms with E-state index < -0.39 is 0 Å². The maximum absolute atomic E-state index is 12.5. The van der Waals surface area contributed by atoms with Crippen molar-refractivity contribution >= 4 is 5.91 Å². The lowest BCUT2D eigenvalue weighted by atomic mass is 9.96. The molecule has 0 aromatic carbocycles. The van der Waals surface area contributed by atoms with Crippen LogP contribution >= 0.6 is 0 Å². The van der Waals surface area contributed by atoms with E-state index in [9.17, 15) is 9.90 Å². The molecule has 3 heteroatoms. The van der Waals surface area contributed by atoms with Gasteiger partial charge in [-0.15, -0.1) is 0 Å². The molecule has 2 aliphatic rings. The van der Waals surface area contributed by atoms with Crippen molar-refractivity contribution in [2.45, 2.75) is 58.5 Å². The van der Waals surface area contributed by atoms with E-state index in [0.29, 0.717) is 17.7 Å². The van der Waals surface area contributed by atoms with Crippen LogP contribution in [0.1, 0.15) is 52.4 Å². The van der Waals surface area contributed by atoms with Crippen molar-refractivity contribution in [2.24, 2.45) is 17.8 Å². The molecule has 0 aromatic rings. The van der Waals surface area contributed by atoms with Crippen LogP contribution in [0.2, 0.25) is 0 Å². The van der Waals surface area contributed by atoms with Crippen molar-refractivity contribution in [3.8, 4) is 0 Å². The topological polar surface area (TPSA) is 40.5 Å². The Morgan fingerprint density at radius 1 is 1.22 bits per heavy atom. The number of rotatable bonds is 5. The molecular weight excluding hydrogens is 226 g/mol. The molecule has 0 aromatic heterocycles. The fourth-order valence-corrected chi connectivity index (χ4v) is 3.76. The molecule has 1 saturated carbocycles. The number of fused-ring (bicyclic) bond motifs is 1. The number of carbonyl (C=O) groups is 1. The van der Waals surface area contributed by atoms with Gasteiger partial charge in [0.2, 0.25) is 5.91 Å². The van der Waals surface area contributed by atoms with E-state index in [4.69, 9.17) is 0 Å². The SMILES string of the molecule is CCCC(CCC)C(=O)N1CC2CCC(O)C2C1. The average molecular weight is 253 g/mol. The molecule has 3 atom stereocenters. The molecule has 2 rings (SSSR count). The molecule has 1 saturated heterocycles.